The van der Waals surface area contributed by atoms with Crippen molar-refractivity contribution in [2.45, 2.75) is 13.8 Å². The van der Waals surface area contributed by atoms with E-state index in [1.54, 1.807) is 0 Å². The van der Waals surface area contributed by atoms with Crippen LogP contribution in [0.4, 0.5) is 0 Å². The number of carbonyl (C=O) groups is 1. The van der Waals surface area contributed by atoms with Gasteiger partial charge in [-0.2, -0.15) is 7.05 Å². The summed E-state index contributed by atoms with van der Waals surface area (Å²) in [5.41, 5.74) is 0. The molecular weight excluding hydrogens is 176 g/mol. The molecule has 2 fully saturated rings. The summed E-state index contributed by atoms with van der Waals surface area (Å²) in [6.07, 6.45) is 0. The van der Waals surface area contributed by atoms with Crippen molar-refractivity contribution in [2.75, 3.05) is 26.2 Å². The smallest absolute Gasteiger partial charge is 0.225 e. The van der Waals surface area contributed by atoms with Crippen LogP contribution in [-0.4, -0.2) is 37.0 Å². The van der Waals surface area contributed by atoms with Crippen LogP contribution in [0, 0.1) is 24.8 Å². The number of carbonyl (C=O) groups excluding carboxylic acids is 1. The van der Waals surface area contributed by atoms with Crippen LogP contribution in [-0.2, 0) is 4.79 Å². The molecule has 2 heterocycles. The molecule has 2 aliphatic rings. The number of rotatable bonds is 1. The second-order valence-corrected chi connectivity index (χ2v) is 5.08. The highest BCUT2D eigenvalue weighted by Crippen LogP contribution is 2.25. The Hall–Kier alpha value is -0.570. The van der Waals surface area contributed by atoms with Crippen LogP contribution in [0.5, 0.6) is 0 Å². The van der Waals surface area contributed by atoms with Gasteiger partial charge < -0.3 is 9.80 Å². The molecule has 3 heteroatoms. The van der Waals surface area contributed by atoms with Gasteiger partial charge >= 0.3 is 0 Å². The summed E-state index contributed by atoms with van der Waals surface area (Å²) in [4.78, 5) is 15.2. The van der Waals surface area contributed by atoms with E-state index >= 15 is 0 Å². The quantitative estimate of drug-likeness (QED) is 0.557. The third-order valence-corrected chi connectivity index (χ3v) is 3.48. The van der Waals surface area contributed by atoms with Gasteiger partial charge in [-0.25, -0.2) is 0 Å². The first kappa shape index (κ1) is 9.97. The first-order chi connectivity index (χ1) is 6.58. The summed E-state index contributed by atoms with van der Waals surface area (Å²) < 4.78 is 0. The Labute approximate surface area is 86.1 Å². The number of nitrogens with zero attached hydrogens (tertiary/aromatic N) is 1. The lowest BCUT2D eigenvalue weighted by Crippen LogP contribution is -3.05. The predicted octanol–water partition coefficient (Wildman–Crippen LogP) is -0.593. The summed E-state index contributed by atoms with van der Waals surface area (Å²) in [6.45, 7) is 8.20. The number of hydrogen-bond donors (Lipinski definition) is 1. The topological polar surface area (TPSA) is 24.8 Å². The Morgan fingerprint density at radius 1 is 1.36 bits per heavy atom. The van der Waals surface area contributed by atoms with Crippen LogP contribution in [0.1, 0.15) is 13.8 Å². The molecule has 0 radical (unpaired) electrons. The van der Waals surface area contributed by atoms with Crippen molar-refractivity contribution in [1.82, 2.24) is 4.90 Å². The van der Waals surface area contributed by atoms with E-state index in [0.29, 0.717) is 17.7 Å². The van der Waals surface area contributed by atoms with Crippen molar-refractivity contribution < 1.29 is 9.69 Å². The fraction of sp³-hybridized carbons (Fsp3) is 0.818. The fourth-order valence-electron chi connectivity index (χ4n) is 2.77. The van der Waals surface area contributed by atoms with E-state index in [-0.39, 0.29) is 5.92 Å². The number of amides is 1. The lowest BCUT2D eigenvalue weighted by molar-refractivity contribution is -0.843. The molecular formula is C11H20N2O. The molecule has 0 aromatic rings. The molecule has 0 spiro atoms. The number of quaternary nitrogens is 1. The van der Waals surface area contributed by atoms with Crippen LogP contribution >= 0.6 is 0 Å². The number of hydrogen-bond acceptors (Lipinski definition) is 1. The maximum atomic E-state index is 11.8. The summed E-state index contributed by atoms with van der Waals surface area (Å²) >= 11 is 0. The van der Waals surface area contributed by atoms with Crippen molar-refractivity contribution in [3.63, 3.8) is 0 Å². The molecule has 3 atom stereocenters. The number of likely N-dealkylation sites (tertiary alicyclic amines) is 2. The van der Waals surface area contributed by atoms with E-state index in [0.717, 1.165) is 26.2 Å². The van der Waals surface area contributed by atoms with E-state index < -0.39 is 0 Å². The van der Waals surface area contributed by atoms with Gasteiger partial charge in [-0.05, 0) is 0 Å². The highest BCUT2D eigenvalue weighted by atomic mass is 16.2. The van der Waals surface area contributed by atoms with E-state index in [2.05, 4.69) is 7.05 Å². The Morgan fingerprint density at radius 3 is 2.29 bits per heavy atom. The average molecular weight is 196 g/mol. The van der Waals surface area contributed by atoms with Gasteiger partial charge in [-0.1, -0.05) is 13.8 Å². The Bertz CT molecular complexity index is 225. The highest BCUT2D eigenvalue weighted by molar-refractivity contribution is 5.78. The average Bonchev–Trinajstić information content (AvgIpc) is 2.59. The molecule has 3 nitrogen and oxygen atoms in total. The largest absolute Gasteiger partial charge is 0.467 e. The standard InChI is InChI=1S/C11H20N2O/c1-8(2)11(14)13-6-9-4-12(3)5-10(9)7-13/h8-10,12H,3-7H2,1-2H3/t9-,10+. The molecule has 80 valence electrons. The molecule has 0 aromatic heterocycles. The molecule has 14 heavy (non-hydrogen) atoms. The molecule has 1 N–H and O–H groups in total. The summed E-state index contributed by atoms with van der Waals surface area (Å²) in [7, 11) is 4.04. The highest BCUT2D eigenvalue weighted by Gasteiger charge is 2.41. The van der Waals surface area contributed by atoms with E-state index in [4.69, 9.17) is 0 Å². The van der Waals surface area contributed by atoms with Crippen LogP contribution in [0.3, 0.4) is 0 Å². The van der Waals surface area contributed by atoms with Gasteiger partial charge in [-0.15, -0.1) is 0 Å². The number of fused-ring (bicyclic) bond motifs is 1. The minimum Gasteiger partial charge on any atom is -0.467 e. The molecule has 0 aliphatic carbocycles. The molecule has 0 bridgehead atoms. The molecule has 0 saturated carbocycles. The van der Waals surface area contributed by atoms with Crippen molar-refractivity contribution >= 4 is 5.91 Å². The second-order valence-electron chi connectivity index (χ2n) is 5.08. The van der Waals surface area contributed by atoms with Crippen LogP contribution < -0.4 is 4.90 Å². The Kier molecular flexibility index (Phi) is 2.52. The third-order valence-electron chi connectivity index (χ3n) is 3.48. The summed E-state index contributed by atoms with van der Waals surface area (Å²) in [5.74, 6) is 1.90. The molecule has 1 amide bonds. The zero-order valence-corrected chi connectivity index (χ0v) is 9.12. The molecule has 0 aromatic carbocycles. The minimum absolute atomic E-state index is 0.150. The zero-order valence-electron chi connectivity index (χ0n) is 9.12. The third kappa shape index (κ3) is 1.65. The maximum Gasteiger partial charge on any atom is 0.225 e. The van der Waals surface area contributed by atoms with Gasteiger partial charge in [0.15, 0.2) is 0 Å². The van der Waals surface area contributed by atoms with Crippen molar-refractivity contribution in [3.05, 3.63) is 7.05 Å². The van der Waals surface area contributed by atoms with Crippen LogP contribution in [0.2, 0.25) is 0 Å². The second kappa shape index (κ2) is 3.54. The van der Waals surface area contributed by atoms with Crippen molar-refractivity contribution in [2.24, 2.45) is 17.8 Å². The van der Waals surface area contributed by atoms with Gasteiger partial charge in [0.1, 0.15) is 0 Å². The normalized spacial score (nSPS) is 36.6. The van der Waals surface area contributed by atoms with Crippen molar-refractivity contribution in [1.29, 1.82) is 0 Å². The molecule has 2 rings (SSSR count). The predicted molar refractivity (Wildman–Crippen MR) is 54.5 cm³/mol. The molecule has 2 aliphatic heterocycles. The van der Waals surface area contributed by atoms with Gasteiger partial charge in [0, 0.05) is 30.8 Å². The first-order valence-corrected chi connectivity index (χ1v) is 5.53. The first-order valence-electron chi connectivity index (χ1n) is 5.53. The van der Waals surface area contributed by atoms with Gasteiger partial charge in [0.05, 0.1) is 13.1 Å². The van der Waals surface area contributed by atoms with Gasteiger partial charge in [0.2, 0.25) is 5.91 Å². The lowest BCUT2D eigenvalue weighted by Gasteiger charge is -2.22. The monoisotopic (exact) mass is 196 g/mol. The van der Waals surface area contributed by atoms with Gasteiger partial charge in [-0.3, -0.25) is 4.79 Å². The number of nitrogens with one attached hydrogen (secondary N) is 1. The zero-order chi connectivity index (χ0) is 10.3. The summed E-state index contributed by atoms with van der Waals surface area (Å²) in [5, 5.41) is 0. The van der Waals surface area contributed by atoms with Crippen LogP contribution in [0.15, 0.2) is 0 Å². The molecule has 2 saturated heterocycles. The minimum atomic E-state index is 0.150. The molecule has 1 unspecified atom stereocenters. The van der Waals surface area contributed by atoms with Gasteiger partial charge in [0.25, 0.3) is 0 Å². The van der Waals surface area contributed by atoms with Crippen molar-refractivity contribution in [3.8, 4) is 0 Å². The Balaban J connectivity index is 1.94. The van der Waals surface area contributed by atoms with E-state index in [1.165, 1.54) is 4.90 Å². The lowest BCUT2D eigenvalue weighted by atomic mass is 10.0. The maximum absolute atomic E-state index is 11.8. The van der Waals surface area contributed by atoms with E-state index in [9.17, 15) is 4.79 Å². The van der Waals surface area contributed by atoms with E-state index in [1.807, 2.05) is 18.7 Å². The summed E-state index contributed by atoms with van der Waals surface area (Å²) in [6, 6.07) is 0. The fourth-order valence-corrected chi connectivity index (χ4v) is 2.77. The Morgan fingerprint density at radius 2 is 1.86 bits per heavy atom. The SMILES string of the molecule is [CH2-][NH+]1C[C@H]2CN(C(=O)C(C)C)C[C@H]2C1. The van der Waals surface area contributed by atoms with Crippen LogP contribution in [0.25, 0.3) is 0 Å².